The highest BCUT2D eigenvalue weighted by Crippen LogP contribution is 2.22. The summed E-state index contributed by atoms with van der Waals surface area (Å²) in [6, 6.07) is 6.17. The van der Waals surface area contributed by atoms with Crippen LogP contribution in [0.3, 0.4) is 0 Å². The summed E-state index contributed by atoms with van der Waals surface area (Å²) in [7, 11) is 1.63. The molecule has 3 nitrogen and oxygen atoms in total. The van der Waals surface area contributed by atoms with Gasteiger partial charge in [0.2, 0.25) is 5.91 Å². The lowest BCUT2D eigenvalue weighted by Crippen LogP contribution is -2.37. The van der Waals surface area contributed by atoms with E-state index in [1.807, 2.05) is 18.2 Å². The molecule has 0 aliphatic heterocycles. The molecule has 1 amide bonds. The van der Waals surface area contributed by atoms with E-state index in [1.54, 1.807) is 13.2 Å². The van der Waals surface area contributed by atoms with E-state index < -0.39 is 0 Å². The fraction of sp³-hybridized carbons (Fsp3) is 0.471. The average Bonchev–Trinajstić information content (AvgIpc) is 2.48. The van der Waals surface area contributed by atoms with Crippen molar-refractivity contribution in [2.24, 2.45) is 0 Å². The number of hydrogen-bond donors (Lipinski definition) is 1. The van der Waals surface area contributed by atoms with Crippen LogP contribution in [0.25, 0.3) is 6.08 Å². The maximum atomic E-state index is 12.1. The van der Waals surface area contributed by atoms with Crippen LogP contribution in [0.4, 0.5) is 0 Å². The van der Waals surface area contributed by atoms with Gasteiger partial charge in [0.1, 0.15) is 5.75 Å². The van der Waals surface area contributed by atoms with Crippen LogP contribution < -0.4 is 10.1 Å². The second-order valence-corrected chi connectivity index (χ2v) is 5.35. The Morgan fingerprint density at radius 2 is 2.15 bits per heavy atom. The van der Waals surface area contributed by atoms with Gasteiger partial charge in [0.25, 0.3) is 0 Å². The third kappa shape index (κ3) is 3.86. The Labute approximate surface area is 121 Å². The van der Waals surface area contributed by atoms with Crippen LogP contribution >= 0.6 is 0 Å². The van der Waals surface area contributed by atoms with E-state index in [9.17, 15) is 4.79 Å². The summed E-state index contributed by atoms with van der Waals surface area (Å²) < 4.78 is 5.35. The molecule has 0 unspecified atom stereocenters. The lowest BCUT2D eigenvalue weighted by atomic mass is 9.95. The number of hydrogen-bond acceptors (Lipinski definition) is 2. The Bertz CT molecular complexity index is 476. The molecule has 2 rings (SSSR count). The van der Waals surface area contributed by atoms with Crippen LogP contribution in [0.2, 0.25) is 0 Å². The van der Waals surface area contributed by atoms with Gasteiger partial charge in [0.15, 0.2) is 0 Å². The molecular weight excluding hydrogens is 250 g/mol. The fourth-order valence-corrected chi connectivity index (χ4v) is 2.73. The number of carbonyl (C=O) groups excluding carboxylic acids is 1. The normalized spacial score (nSPS) is 15.7. The lowest BCUT2D eigenvalue weighted by Gasteiger charge is -2.23. The Morgan fingerprint density at radius 3 is 2.80 bits per heavy atom. The number of carbonyl (C=O) groups is 1. The fourth-order valence-electron chi connectivity index (χ4n) is 2.73. The molecule has 1 aliphatic carbocycles. The maximum absolute atomic E-state index is 12.1. The van der Waals surface area contributed by atoms with Gasteiger partial charge in [-0.15, -0.1) is 0 Å². The zero-order valence-electron chi connectivity index (χ0n) is 12.2. The van der Waals surface area contributed by atoms with E-state index >= 15 is 0 Å². The second-order valence-electron chi connectivity index (χ2n) is 5.35. The standard InChI is InChI=1S/C17H23NO2/c1-3-13-9-10-14(16(11-13)20-2)12-17(19)18-15-7-5-4-6-8-15/h3,9-11,15H,1,4-8,12H2,2H3,(H,18,19). The first-order valence-corrected chi connectivity index (χ1v) is 7.31. The summed E-state index contributed by atoms with van der Waals surface area (Å²) in [4.78, 5) is 12.1. The second kappa shape index (κ2) is 7.13. The molecule has 0 aromatic heterocycles. The summed E-state index contributed by atoms with van der Waals surface area (Å²) in [6.45, 7) is 3.74. The Morgan fingerprint density at radius 1 is 1.40 bits per heavy atom. The summed E-state index contributed by atoms with van der Waals surface area (Å²) in [5, 5.41) is 3.13. The van der Waals surface area contributed by atoms with Crippen molar-refractivity contribution < 1.29 is 9.53 Å². The van der Waals surface area contributed by atoms with E-state index in [0.717, 1.165) is 29.7 Å². The zero-order chi connectivity index (χ0) is 14.4. The minimum atomic E-state index is 0.0848. The number of methoxy groups -OCH3 is 1. The third-order valence-electron chi connectivity index (χ3n) is 3.87. The molecule has 1 aromatic carbocycles. The van der Waals surface area contributed by atoms with Crippen molar-refractivity contribution in [1.82, 2.24) is 5.32 Å². The van der Waals surface area contributed by atoms with Gasteiger partial charge in [-0.25, -0.2) is 0 Å². The van der Waals surface area contributed by atoms with E-state index in [4.69, 9.17) is 4.74 Å². The van der Waals surface area contributed by atoms with Gasteiger partial charge in [-0.2, -0.15) is 0 Å². The zero-order valence-corrected chi connectivity index (χ0v) is 12.2. The van der Waals surface area contributed by atoms with E-state index in [-0.39, 0.29) is 5.91 Å². The van der Waals surface area contributed by atoms with Crippen LogP contribution in [-0.2, 0) is 11.2 Å². The first-order chi connectivity index (χ1) is 9.72. The molecule has 1 N–H and O–H groups in total. The first-order valence-electron chi connectivity index (χ1n) is 7.31. The highest BCUT2D eigenvalue weighted by atomic mass is 16.5. The summed E-state index contributed by atoms with van der Waals surface area (Å²) >= 11 is 0. The minimum absolute atomic E-state index is 0.0848. The molecule has 0 saturated heterocycles. The smallest absolute Gasteiger partial charge is 0.224 e. The molecule has 3 heteroatoms. The number of rotatable bonds is 5. The quantitative estimate of drug-likeness (QED) is 0.893. The number of benzene rings is 1. The largest absolute Gasteiger partial charge is 0.496 e. The van der Waals surface area contributed by atoms with Crippen molar-refractivity contribution in [3.05, 3.63) is 35.9 Å². The first kappa shape index (κ1) is 14.6. The lowest BCUT2D eigenvalue weighted by molar-refractivity contribution is -0.121. The van der Waals surface area contributed by atoms with Crippen molar-refractivity contribution in [1.29, 1.82) is 0 Å². The van der Waals surface area contributed by atoms with Gasteiger partial charge in [0, 0.05) is 11.6 Å². The van der Waals surface area contributed by atoms with Crippen LogP contribution in [0, 0.1) is 0 Å². The Kier molecular flexibility index (Phi) is 5.22. The van der Waals surface area contributed by atoms with Gasteiger partial charge < -0.3 is 10.1 Å². The number of nitrogens with one attached hydrogen (secondary N) is 1. The molecule has 1 fully saturated rings. The SMILES string of the molecule is C=Cc1ccc(CC(=O)NC2CCCCC2)c(OC)c1. The summed E-state index contributed by atoms with van der Waals surface area (Å²) in [5.74, 6) is 0.836. The molecule has 108 valence electrons. The summed E-state index contributed by atoms with van der Waals surface area (Å²) in [5.41, 5.74) is 1.92. The third-order valence-corrected chi connectivity index (χ3v) is 3.87. The van der Waals surface area contributed by atoms with Crippen molar-refractivity contribution in [2.45, 2.75) is 44.6 Å². The predicted octanol–water partition coefficient (Wildman–Crippen LogP) is 3.33. The van der Waals surface area contributed by atoms with Crippen molar-refractivity contribution in [2.75, 3.05) is 7.11 Å². The van der Waals surface area contributed by atoms with Crippen LogP contribution in [0.5, 0.6) is 5.75 Å². The van der Waals surface area contributed by atoms with Gasteiger partial charge >= 0.3 is 0 Å². The highest BCUT2D eigenvalue weighted by Gasteiger charge is 2.16. The molecule has 20 heavy (non-hydrogen) atoms. The molecule has 1 aliphatic rings. The summed E-state index contributed by atoms with van der Waals surface area (Å²) in [6.07, 6.45) is 8.11. The minimum Gasteiger partial charge on any atom is -0.496 e. The van der Waals surface area contributed by atoms with Crippen LogP contribution in [-0.4, -0.2) is 19.1 Å². The van der Waals surface area contributed by atoms with Gasteiger partial charge in [-0.05, 0) is 24.5 Å². The van der Waals surface area contributed by atoms with Crippen LogP contribution in [0.15, 0.2) is 24.8 Å². The van der Waals surface area contributed by atoms with Crippen molar-refractivity contribution in [3.63, 3.8) is 0 Å². The van der Waals surface area contributed by atoms with E-state index in [2.05, 4.69) is 11.9 Å². The Hall–Kier alpha value is -1.77. The van der Waals surface area contributed by atoms with Crippen molar-refractivity contribution in [3.8, 4) is 5.75 Å². The topological polar surface area (TPSA) is 38.3 Å². The van der Waals surface area contributed by atoms with Gasteiger partial charge in [-0.3, -0.25) is 4.79 Å². The predicted molar refractivity (Wildman–Crippen MR) is 81.8 cm³/mol. The molecule has 0 spiro atoms. The molecular formula is C17H23NO2. The van der Waals surface area contributed by atoms with Gasteiger partial charge in [-0.1, -0.05) is 44.1 Å². The molecule has 1 saturated carbocycles. The Balaban J connectivity index is 1.97. The number of amides is 1. The monoisotopic (exact) mass is 273 g/mol. The average molecular weight is 273 g/mol. The molecule has 0 radical (unpaired) electrons. The van der Waals surface area contributed by atoms with Crippen LogP contribution in [0.1, 0.15) is 43.2 Å². The molecule has 0 atom stereocenters. The van der Waals surface area contributed by atoms with E-state index in [0.29, 0.717) is 12.5 Å². The molecule has 1 aromatic rings. The van der Waals surface area contributed by atoms with Gasteiger partial charge in [0.05, 0.1) is 13.5 Å². The highest BCUT2D eigenvalue weighted by molar-refractivity contribution is 5.79. The van der Waals surface area contributed by atoms with E-state index in [1.165, 1.54) is 19.3 Å². The van der Waals surface area contributed by atoms with Crippen molar-refractivity contribution >= 4 is 12.0 Å². The molecule has 0 bridgehead atoms. The number of ether oxygens (including phenoxy) is 1. The molecule has 0 heterocycles. The maximum Gasteiger partial charge on any atom is 0.224 e.